The van der Waals surface area contributed by atoms with E-state index in [2.05, 4.69) is 49.7 Å². The minimum Gasteiger partial charge on any atom is -0.657 e. The van der Waals surface area contributed by atoms with Gasteiger partial charge in [0.25, 0.3) is 0 Å². The van der Waals surface area contributed by atoms with E-state index in [-0.39, 0.29) is 39.3 Å². The third-order valence-electron chi connectivity index (χ3n) is 8.91. The molecule has 0 bridgehead atoms. The van der Waals surface area contributed by atoms with Gasteiger partial charge in [0.1, 0.15) is 0 Å². The zero-order valence-corrected chi connectivity index (χ0v) is 28.2. The van der Waals surface area contributed by atoms with Crippen molar-refractivity contribution < 1.29 is 41.5 Å². The summed E-state index contributed by atoms with van der Waals surface area (Å²) in [5.41, 5.74) is 0. The monoisotopic (exact) mass is 602 g/mol. The summed E-state index contributed by atoms with van der Waals surface area (Å²) in [5, 5.41) is 3.83. The molecule has 37 heavy (non-hydrogen) atoms. The summed E-state index contributed by atoms with van der Waals surface area (Å²) < 4.78 is 27.4. The normalized spacial score (nSPS) is 28.3. The van der Waals surface area contributed by atoms with Crippen molar-refractivity contribution in [3.8, 4) is 0 Å². The number of hydrogen-bond acceptors (Lipinski definition) is 3. The molecule has 0 aromatic heterocycles. The third-order valence-corrected chi connectivity index (χ3v) is 8.91. The van der Waals surface area contributed by atoms with E-state index >= 15 is 0 Å². The molecule has 2 atom stereocenters. The summed E-state index contributed by atoms with van der Waals surface area (Å²) in [5.74, 6) is 0.00104. The van der Waals surface area contributed by atoms with Crippen molar-refractivity contribution >= 4 is 0 Å². The molecule has 4 aliphatic heterocycles. The topological polar surface area (TPSA) is 23.8 Å². The fourth-order valence-corrected chi connectivity index (χ4v) is 6.70. The maximum absolute atomic E-state index is 13.7. The van der Waals surface area contributed by atoms with Crippen molar-refractivity contribution in [1.29, 1.82) is 0 Å². The van der Waals surface area contributed by atoms with Crippen LogP contribution in [0, 0.1) is 17.8 Å². The van der Waals surface area contributed by atoms with Crippen LogP contribution in [0.1, 0.15) is 99.8 Å². The Morgan fingerprint density at radius 3 is 1.89 bits per heavy atom. The molecule has 4 rings (SSSR count). The van der Waals surface area contributed by atoms with E-state index in [0.717, 1.165) is 55.8 Å². The number of piperidine rings is 3. The Morgan fingerprint density at radius 2 is 1.38 bits per heavy atom. The predicted molar refractivity (Wildman–Crippen MR) is 151 cm³/mol. The molecule has 4 fully saturated rings. The zero-order chi connectivity index (χ0) is 26.7. The molecule has 4 heterocycles. The Balaban J connectivity index is 0.000000340. The number of hydrogen-bond donors (Lipinski definition) is 0. The standard InChI is InChI=1S/C16H32N2.C12H21F2N2.C2H6.Y/c1-13(2)11-15-5-8-18(12-15)16-6-9-17(10-7-16)14(3)4;1-2-10-4-7-16(8-5-10)11-3-6-15-9-12(11,13)14;1-2;/h13-16H,5-12H2,1-4H3;10-11H,2-9H2,1H3;1-2H3;/q;-1;;. The molecule has 4 nitrogen and oxygen atoms in total. The predicted octanol–water partition coefficient (Wildman–Crippen LogP) is 7.14. The van der Waals surface area contributed by atoms with Gasteiger partial charge in [0.05, 0.1) is 6.04 Å². The smallest absolute Gasteiger partial charge is 0.245 e. The molecule has 0 saturated carbocycles. The van der Waals surface area contributed by atoms with E-state index in [4.69, 9.17) is 0 Å². The SMILES string of the molecule is CC.CC(C)CC1CCN(C2CCN(C(C)C)CC2)C1.CCC1CCN(C2CC[N-]CC2(F)F)CC1.[Y]. The van der Waals surface area contributed by atoms with Crippen molar-refractivity contribution in [3.63, 3.8) is 0 Å². The number of rotatable bonds is 6. The van der Waals surface area contributed by atoms with Crippen molar-refractivity contribution in [3.05, 3.63) is 5.32 Å². The van der Waals surface area contributed by atoms with Crippen LogP contribution in [0.25, 0.3) is 5.32 Å². The molecular weight excluding hydrogens is 543 g/mol. The second-order valence-electron chi connectivity index (χ2n) is 12.2. The van der Waals surface area contributed by atoms with Crippen LogP contribution in [0.2, 0.25) is 0 Å². The number of nitrogens with zero attached hydrogens (tertiary/aromatic N) is 4. The zero-order valence-electron chi connectivity index (χ0n) is 25.4. The Bertz CT molecular complexity index is 576. The third kappa shape index (κ3) is 11.7. The van der Waals surface area contributed by atoms with Crippen LogP contribution in [0.4, 0.5) is 8.78 Å². The van der Waals surface area contributed by atoms with Crippen molar-refractivity contribution in [2.75, 3.05) is 52.4 Å². The maximum Gasteiger partial charge on any atom is 0.245 e. The summed E-state index contributed by atoms with van der Waals surface area (Å²) in [6, 6.07) is 1.07. The largest absolute Gasteiger partial charge is 0.657 e. The first kappa shape index (κ1) is 35.8. The first-order valence-corrected chi connectivity index (χ1v) is 15.4. The molecule has 0 aliphatic carbocycles. The second-order valence-corrected chi connectivity index (χ2v) is 12.2. The Hall–Kier alpha value is 0.804. The molecule has 217 valence electrons. The minimum absolute atomic E-state index is 0. The molecule has 4 aliphatic rings. The molecule has 7 heteroatoms. The number of halogens is 2. The van der Waals surface area contributed by atoms with Gasteiger partial charge in [0, 0.05) is 51.3 Å². The van der Waals surface area contributed by atoms with E-state index in [1.165, 1.54) is 58.3 Å². The van der Waals surface area contributed by atoms with Gasteiger partial charge in [-0.2, -0.15) is 0 Å². The second kappa shape index (κ2) is 18.3. The molecule has 1 radical (unpaired) electrons. The average Bonchev–Trinajstić information content (AvgIpc) is 3.33. The summed E-state index contributed by atoms with van der Waals surface area (Å²) in [6.07, 6.45) is 9.55. The van der Waals surface area contributed by atoms with E-state index in [1.807, 2.05) is 18.7 Å². The molecule has 0 spiro atoms. The Labute approximate surface area is 254 Å². The first-order chi connectivity index (χ1) is 17.2. The summed E-state index contributed by atoms with van der Waals surface area (Å²) in [6.45, 7) is 23.0. The van der Waals surface area contributed by atoms with Gasteiger partial charge in [-0.3, -0.25) is 4.90 Å². The molecule has 0 N–H and O–H groups in total. The van der Waals surface area contributed by atoms with Crippen LogP contribution in [-0.4, -0.2) is 91.1 Å². The molecule has 2 unspecified atom stereocenters. The fourth-order valence-electron chi connectivity index (χ4n) is 6.70. The van der Waals surface area contributed by atoms with Gasteiger partial charge in [-0.1, -0.05) is 54.0 Å². The fraction of sp³-hybridized carbons (Fsp3) is 1.00. The van der Waals surface area contributed by atoms with Gasteiger partial charge < -0.3 is 15.1 Å². The Kier molecular flexibility index (Phi) is 17.7. The number of likely N-dealkylation sites (tertiary alicyclic amines) is 3. The van der Waals surface area contributed by atoms with Crippen molar-refractivity contribution in [1.82, 2.24) is 14.7 Å². The van der Waals surface area contributed by atoms with E-state index in [9.17, 15) is 8.78 Å². The van der Waals surface area contributed by atoms with Gasteiger partial charge >= 0.3 is 0 Å². The minimum atomic E-state index is -2.60. The van der Waals surface area contributed by atoms with E-state index in [1.54, 1.807) is 0 Å². The molecule has 4 saturated heterocycles. The van der Waals surface area contributed by atoms with Crippen molar-refractivity contribution in [2.24, 2.45) is 17.8 Å². The summed E-state index contributed by atoms with van der Waals surface area (Å²) in [4.78, 5) is 7.43. The van der Waals surface area contributed by atoms with Crippen LogP contribution < -0.4 is 0 Å². The quantitative estimate of drug-likeness (QED) is 0.323. The van der Waals surface area contributed by atoms with Gasteiger partial charge in [-0.15, -0.1) is 6.54 Å². The van der Waals surface area contributed by atoms with Crippen molar-refractivity contribution in [2.45, 2.75) is 124 Å². The molecule has 0 amide bonds. The van der Waals surface area contributed by atoms with Crippen LogP contribution >= 0.6 is 0 Å². The van der Waals surface area contributed by atoms with Crippen LogP contribution in [0.15, 0.2) is 0 Å². The first-order valence-electron chi connectivity index (χ1n) is 15.4. The van der Waals surface area contributed by atoms with E-state index in [0.29, 0.717) is 13.0 Å². The van der Waals surface area contributed by atoms with Crippen LogP contribution in [0.3, 0.4) is 0 Å². The van der Waals surface area contributed by atoms with E-state index < -0.39 is 12.0 Å². The van der Waals surface area contributed by atoms with Gasteiger partial charge in [0.15, 0.2) is 0 Å². The Morgan fingerprint density at radius 1 is 0.811 bits per heavy atom. The van der Waals surface area contributed by atoms with Gasteiger partial charge in [-0.25, -0.2) is 8.78 Å². The van der Waals surface area contributed by atoms with Gasteiger partial charge in [0.2, 0.25) is 5.92 Å². The maximum atomic E-state index is 13.7. The summed E-state index contributed by atoms with van der Waals surface area (Å²) in [7, 11) is 0. The van der Waals surface area contributed by atoms with Crippen LogP contribution in [-0.2, 0) is 32.7 Å². The summed E-state index contributed by atoms with van der Waals surface area (Å²) >= 11 is 0. The molecule has 0 aromatic rings. The average molecular weight is 603 g/mol. The van der Waals surface area contributed by atoms with Crippen LogP contribution in [0.5, 0.6) is 0 Å². The van der Waals surface area contributed by atoms with Gasteiger partial charge in [-0.05, 0) is 103 Å². The molecular formula is C30H59F2N4Y-. The number of alkyl halides is 2. The molecule has 0 aromatic carbocycles.